The Morgan fingerprint density at radius 2 is 2.17 bits per heavy atom. The summed E-state index contributed by atoms with van der Waals surface area (Å²) in [4.78, 5) is 13.7. The molecule has 7 heteroatoms. The second kappa shape index (κ2) is 5.30. The standard InChI is InChI=1S/C11H14ClN3O3/c12-9-2-1-8(18-9)11(16)15-5-3-7(4-6-15)10(13)14-17/h1-2,7,17H,3-6H2,(H2,13,14). The molecule has 0 spiro atoms. The highest BCUT2D eigenvalue weighted by Gasteiger charge is 2.27. The lowest BCUT2D eigenvalue weighted by molar-refractivity contribution is 0.0677. The first-order valence-electron chi connectivity index (χ1n) is 5.64. The molecule has 6 nitrogen and oxygen atoms in total. The predicted octanol–water partition coefficient (Wildman–Crippen LogP) is 1.53. The zero-order valence-corrected chi connectivity index (χ0v) is 10.4. The number of hydrogen-bond donors (Lipinski definition) is 2. The van der Waals surface area contributed by atoms with Crippen LogP contribution in [-0.2, 0) is 0 Å². The van der Waals surface area contributed by atoms with Crippen molar-refractivity contribution in [2.75, 3.05) is 13.1 Å². The molecule has 0 bridgehead atoms. The Bertz CT molecular complexity index is 464. The van der Waals surface area contributed by atoms with Crippen LogP contribution >= 0.6 is 11.6 Å². The molecular formula is C11H14ClN3O3. The van der Waals surface area contributed by atoms with Crippen molar-refractivity contribution in [2.24, 2.45) is 16.8 Å². The number of carbonyl (C=O) groups is 1. The minimum atomic E-state index is -0.181. The molecule has 1 aromatic rings. The summed E-state index contributed by atoms with van der Waals surface area (Å²) in [5, 5.41) is 11.8. The van der Waals surface area contributed by atoms with Crippen LogP contribution in [-0.4, -0.2) is 34.9 Å². The molecule has 98 valence electrons. The Morgan fingerprint density at radius 3 is 2.67 bits per heavy atom. The maximum atomic E-state index is 12.0. The van der Waals surface area contributed by atoms with Crippen LogP contribution in [0.2, 0.25) is 5.22 Å². The zero-order valence-electron chi connectivity index (χ0n) is 9.67. The van der Waals surface area contributed by atoms with E-state index in [-0.39, 0.29) is 28.6 Å². The van der Waals surface area contributed by atoms with Crippen molar-refractivity contribution in [1.29, 1.82) is 0 Å². The van der Waals surface area contributed by atoms with Gasteiger partial charge in [0.25, 0.3) is 5.91 Å². The highest BCUT2D eigenvalue weighted by molar-refractivity contribution is 6.29. The number of amidine groups is 1. The van der Waals surface area contributed by atoms with Gasteiger partial charge in [-0.2, -0.15) is 0 Å². The third-order valence-electron chi connectivity index (χ3n) is 3.10. The van der Waals surface area contributed by atoms with E-state index in [1.807, 2.05) is 0 Å². The Balaban J connectivity index is 1.96. The number of halogens is 1. The molecule has 0 aliphatic carbocycles. The van der Waals surface area contributed by atoms with E-state index in [2.05, 4.69) is 5.16 Å². The molecule has 2 heterocycles. The minimum Gasteiger partial charge on any atom is -0.440 e. The molecule has 1 amide bonds. The SMILES string of the molecule is N/C(=N/O)C1CCN(C(=O)c2ccc(Cl)o2)CC1. The summed E-state index contributed by atoms with van der Waals surface area (Å²) in [5.41, 5.74) is 5.54. The first kappa shape index (κ1) is 12.8. The van der Waals surface area contributed by atoms with Crippen LogP contribution in [0.4, 0.5) is 0 Å². The van der Waals surface area contributed by atoms with Gasteiger partial charge in [-0.25, -0.2) is 0 Å². The summed E-state index contributed by atoms with van der Waals surface area (Å²) in [6.45, 7) is 1.11. The van der Waals surface area contributed by atoms with E-state index >= 15 is 0 Å². The van der Waals surface area contributed by atoms with Crippen molar-refractivity contribution >= 4 is 23.3 Å². The number of carbonyl (C=O) groups excluding carboxylic acids is 1. The van der Waals surface area contributed by atoms with Crippen molar-refractivity contribution in [3.8, 4) is 0 Å². The number of likely N-dealkylation sites (tertiary alicyclic amines) is 1. The van der Waals surface area contributed by atoms with Crippen LogP contribution < -0.4 is 5.73 Å². The average molecular weight is 272 g/mol. The fraction of sp³-hybridized carbons (Fsp3) is 0.455. The number of hydrogen-bond acceptors (Lipinski definition) is 4. The molecule has 3 N–H and O–H groups in total. The van der Waals surface area contributed by atoms with Crippen LogP contribution in [0.3, 0.4) is 0 Å². The summed E-state index contributed by atoms with van der Waals surface area (Å²) in [6, 6.07) is 3.10. The van der Waals surface area contributed by atoms with E-state index in [1.165, 1.54) is 6.07 Å². The molecule has 1 aliphatic rings. The summed E-state index contributed by atoms with van der Waals surface area (Å²) < 4.78 is 5.08. The minimum absolute atomic E-state index is 0.0271. The van der Waals surface area contributed by atoms with E-state index in [0.29, 0.717) is 25.9 Å². The fourth-order valence-electron chi connectivity index (χ4n) is 2.05. The summed E-state index contributed by atoms with van der Waals surface area (Å²) >= 11 is 5.63. The van der Waals surface area contributed by atoms with Gasteiger partial charge < -0.3 is 20.3 Å². The molecule has 1 aromatic heterocycles. The van der Waals surface area contributed by atoms with Crippen LogP contribution in [0.25, 0.3) is 0 Å². The molecule has 1 fully saturated rings. The van der Waals surface area contributed by atoms with Gasteiger partial charge in [0.1, 0.15) is 5.84 Å². The molecule has 1 saturated heterocycles. The lowest BCUT2D eigenvalue weighted by Crippen LogP contribution is -2.41. The summed E-state index contributed by atoms with van der Waals surface area (Å²) in [7, 11) is 0. The van der Waals surface area contributed by atoms with Crippen molar-refractivity contribution < 1.29 is 14.4 Å². The monoisotopic (exact) mass is 271 g/mol. The van der Waals surface area contributed by atoms with Crippen LogP contribution in [0.15, 0.2) is 21.7 Å². The first-order chi connectivity index (χ1) is 8.61. The van der Waals surface area contributed by atoms with E-state index < -0.39 is 0 Å². The molecule has 0 aromatic carbocycles. The maximum absolute atomic E-state index is 12.0. The number of nitrogens with two attached hydrogens (primary N) is 1. The van der Waals surface area contributed by atoms with Crippen LogP contribution in [0.1, 0.15) is 23.4 Å². The number of furan rings is 1. The summed E-state index contributed by atoms with van der Waals surface area (Å²) in [6.07, 6.45) is 1.35. The van der Waals surface area contributed by atoms with Gasteiger partial charge in [-0.3, -0.25) is 4.79 Å². The molecule has 0 saturated carbocycles. The lowest BCUT2D eigenvalue weighted by Gasteiger charge is -2.30. The van der Waals surface area contributed by atoms with Gasteiger partial charge in [0, 0.05) is 19.0 Å². The highest BCUT2D eigenvalue weighted by atomic mass is 35.5. The second-order valence-corrected chi connectivity index (χ2v) is 4.57. The number of oxime groups is 1. The van der Waals surface area contributed by atoms with Crippen molar-refractivity contribution in [3.05, 3.63) is 23.1 Å². The Labute approximate surface area is 109 Å². The smallest absolute Gasteiger partial charge is 0.289 e. The van der Waals surface area contributed by atoms with Crippen molar-refractivity contribution in [2.45, 2.75) is 12.8 Å². The molecular weight excluding hydrogens is 258 g/mol. The third-order valence-corrected chi connectivity index (χ3v) is 3.30. The van der Waals surface area contributed by atoms with Crippen molar-refractivity contribution in [3.63, 3.8) is 0 Å². The van der Waals surface area contributed by atoms with Crippen LogP contribution in [0.5, 0.6) is 0 Å². The quantitative estimate of drug-likeness (QED) is 0.369. The number of nitrogens with zero attached hydrogens (tertiary/aromatic N) is 2. The second-order valence-electron chi connectivity index (χ2n) is 4.20. The van der Waals surface area contributed by atoms with Gasteiger partial charge in [-0.15, -0.1) is 0 Å². The molecule has 18 heavy (non-hydrogen) atoms. The fourth-order valence-corrected chi connectivity index (χ4v) is 2.19. The average Bonchev–Trinajstić information content (AvgIpc) is 2.84. The van der Waals surface area contributed by atoms with Gasteiger partial charge in [-0.05, 0) is 36.6 Å². The maximum Gasteiger partial charge on any atom is 0.289 e. The van der Waals surface area contributed by atoms with Gasteiger partial charge in [0.05, 0.1) is 0 Å². The molecule has 0 unspecified atom stereocenters. The summed E-state index contributed by atoms with van der Waals surface area (Å²) in [5.74, 6) is 0.310. The number of piperidine rings is 1. The molecule has 1 aliphatic heterocycles. The number of amides is 1. The van der Waals surface area contributed by atoms with E-state index in [9.17, 15) is 4.79 Å². The van der Waals surface area contributed by atoms with Crippen LogP contribution in [0, 0.1) is 5.92 Å². The first-order valence-corrected chi connectivity index (χ1v) is 6.01. The molecule has 2 rings (SSSR count). The van der Waals surface area contributed by atoms with E-state index in [4.69, 9.17) is 27.0 Å². The topological polar surface area (TPSA) is 92.1 Å². The molecule has 0 radical (unpaired) electrons. The number of rotatable bonds is 2. The van der Waals surface area contributed by atoms with E-state index in [0.717, 1.165) is 0 Å². The third kappa shape index (κ3) is 2.59. The highest BCUT2D eigenvalue weighted by Crippen LogP contribution is 2.21. The van der Waals surface area contributed by atoms with Gasteiger partial charge in [-0.1, -0.05) is 5.16 Å². The van der Waals surface area contributed by atoms with Crippen molar-refractivity contribution in [1.82, 2.24) is 4.90 Å². The van der Waals surface area contributed by atoms with Gasteiger partial charge in [0.15, 0.2) is 11.0 Å². The van der Waals surface area contributed by atoms with E-state index in [1.54, 1.807) is 11.0 Å². The van der Waals surface area contributed by atoms with Gasteiger partial charge >= 0.3 is 0 Å². The predicted molar refractivity (Wildman–Crippen MR) is 65.8 cm³/mol. The lowest BCUT2D eigenvalue weighted by atomic mass is 9.96. The molecule has 0 atom stereocenters. The Kier molecular flexibility index (Phi) is 3.76. The normalized spacial score (nSPS) is 18.1. The Hall–Kier alpha value is -1.69. The largest absolute Gasteiger partial charge is 0.440 e. The zero-order chi connectivity index (χ0) is 13.1. The Morgan fingerprint density at radius 1 is 1.50 bits per heavy atom. The van der Waals surface area contributed by atoms with Gasteiger partial charge in [0.2, 0.25) is 0 Å².